The second-order valence-electron chi connectivity index (χ2n) is 5.36. The number of hydrogen-bond donors (Lipinski definition) is 0. The first-order chi connectivity index (χ1) is 12.6. The van der Waals surface area contributed by atoms with Crippen LogP contribution in [0, 0.1) is 5.21 Å². The monoisotopic (exact) mass is 441 g/mol. The molecule has 0 saturated carbocycles. The molecule has 12 heteroatoms. The van der Waals surface area contributed by atoms with Crippen LogP contribution in [0.3, 0.4) is 0 Å². The number of pyridine rings is 1. The minimum atomic E-state index is -4.54. The molecule has 0 spiro atoms. The van der Waals surface area contributed by atoms with Gasteiger partial charge in [0.05, 0.1) is 12.0 Å². The second kappa shape index (κ2) is 9.09. The number of nitrogens with zero attached hydrogens (tertiary/aromatic N) is 3. The molecule has 6 nitrogen and oxygen atoms in total. The van der Waals surface area contributed by atoms with Crippen molar-refractivity contribution in [3.8, 4) is 10.6 Å². The minimum Gasteiger partial charge on any atom is -0.619 e. The van der Waals surface area contributed by atoms with Crippen molar-refractivity contribution in [2.75, 3.05) is 23.0 Å². The number of carbonyl (C=O) groups is 1. The lowest BCUT2D eigenvalue weighted by Crippen LogP contribution is -2.33. The Labute approximate surface area is 165 Å². The van der Waals surface area contributed by atoms with E-state index in [2.05, 4.69) is 4.98 Å². The largest absolute Gasteiger partial charge is 0.619 e. The minimum absolute atomic E-state index is 0.0444. The van der Waals surface area contributed by atoms with Gasteiger partial charge in [-0.1, -0.05) is 22.9 Å². The van der Waals surface area contributed by atoms with Crippen LogP contribution in [0.5, 0.6) is 0 Å². The molecule has 148 valence electrons. The Balaban J connectivity index is 2.11. The van der Waals surface area contributed by atoms with Crippen LogP contribution in [-0.4, -0.2) is 39.7 Å². The fraction of sp³-hybridized carbons (Fsp3) is 0.400. The van der Waals surface area contributed by atoms with Crippen LogP contribution in [-0.2, 0) is 16.0 Å². The SMILES string of the molecule is CCN(C(=O)CC[S+]([O-])CC(F)(F)F)c1sc(-c2ccc[n+]([O-])c2)nc1Cl. The molecule has 2 rings (SSSR count). The van der Waals surface area contributed by atoms with Gasteiger partial charge in [-0.3, -0.25) is 4.79 Å². The molecule has 0 saturated heterocycles. The maximum absolute atomic E-state index is 12.4. The number of halogens is 4. The van der Waals surface area contributed by atoms with Gasteiger partial charge in [0, 0.05) is 12.6 Å². The zero-order chi connectivity index (χ0) is 20.2. The Hall–Kier alpha value is -1.56. The van der Waals surface area contributed by atoms with Crippen LogP contribution in [0.4, 0.5) is 18.2 Å². The van der Waals surface area contributed by atoms with Crippen LogP contribution >= 0.6 is 22.9 Å². The molecule has 2 aromatic heterocycles. The Morgan fingerprint density at radius 1 is 1.48 bits per heavy atom. The van der Waals surface area contributed by atoms with Gasteiger partial charge in [-0.2, -0.15) is 17.9 Å². The summed E-state index contributed by atoms with van der Waals surface area (Å²) in [6.07, 6.45) is -2.24. The van der Waals surface area contributed by atoms with Crippen LogP contribution in [0.25, 0.3) is 10.6 Å². The van der Waals surface area contributed by atoms with Gasteiger partial charge >= 0.3 is 6.18 Å². The van der Waals surface area contributed by atoms with Crippen molar-refractivity contribution < 1.29 is 27.2 Å². The lowest BCUT2D eigenvalue weighted by Gasteiger charge is -2.20. The van der Waals surface area contributed by atoms with E-state index in [0.29, 0.717) is 20.3 Å². The first-order valence-electron chi connectivity index (χ1n) is 7.68. The molecule has 1 amide bonds. The van der Waals surface area contributed by atoms with E-state index >= 15 is 0 Å². The molecular formula is C15H15ClF3N3O3S2. The smallest absolute Gasteiger partial charge is 0.433 e. The number of alkyl halides is 3. The topological polar surface area (TPSA) is 83.2 Å². The van der Waals surface area contributed by atoms with Gasteiger partial charge in [-0.15, -0.1) is 0 Å². The molecule has 1 atom stereocenters. The third kappa shape index (κ3) is 6.23. The normalized spacial score (nSPS) is 12.8. The van der Waals surface area contributed by atoms with Gasteiger partial charge in [0.15, 0.2) is 17.5 Å². The van der Waals surface area contributed by atoms with Crippen molar-refractivity contribution in [1.82, 2.24) is 4.98 Å². The summed E-state index contributed by atoms with van der Waals surface area (Å²) in [6, 6.07) is 3.20. The highest BCUT2D eigenvalue weighted by molar-refractivity contribution is 7.91. The fourth-order valence-electron chi connectivity index (χ4n) is 2.19. The average molecular weight is 442 g/mol. The van der Waals surface area contributed by atoms with Crippen LogP contribution in [0.1, 0.15) is 13.3 Å². The summed E-state index contributed by atoms with van der Waals surface area (Å²) in [5.41, 5.74) is 0.514. The predicted molar refractivity (Wildman–Crippen MR) is 98.1 cm³/mol. The highest BCUT2D eigenvalue weighted by atomic mass is 35.5. The molecule has 0 radical (unpaired) electrons. The van der Waals surface area contributed by atoms with E-state index in [9.17, 15) is 27.7 Å². The second-order valence-corrected chi connectivity index (χ2v) is 8.27. The highest BCUT2D eigenvalue weighted by Crippen LogP contribution is 2.37. The number of anilines is 1. The number of thiazole rings is 1. The van der Waals surface area contributed by atoms with Crippen molar-refractivity contribution in [2.24, 2.45) is 0 Å². The molecular weight excluding hydrogens is 427 g/mol. The first kappa shape index (κ1) is 21.7. The van der Waals surface area contributed by atoms with Gasteiger partial charge in [0.1, 0.15) is 15.8 Å². The van der Waals surface area contributed by atoms with E-state index in [4.69, 9.17) is 11.6 Å². The molecule has 0 fully saturated rings. The van der Waals surface area contributed by atoms with Crippen molar-refractivity contribution in [2.45, 2.75) is 19.5 Å². The molecule has 0 bridgehead atoms. The predicted octanol–water partition coefficient (Wildman–Crippen LogP) is 3.15. The zero-order valence-corrected chi connectivity index (χ0v) is 16.4. The third-order valence-corrected chi connectivity index (χ3v) is 6.13. The molecule has 27 heavy (non-hydrogen) atoms. The summed E-state index contributed by atoms with van der Waals surface area (Å²) in [5, 5.41) is 12.2. The Kier molecular flexibility index (Phi) is 7.32. The van der Waals surface area contributed by atoms with Crippen molar-refractivity contribution in [1.29, 1.82) is 0 Å². The molecule has 2 heterocycles. The summed E-state index contributed by atoms with van der Waals surface area (Å²) in [7, 11) is 0. The summed E-state index contributed by atoms with van der Waals surface area (Å²) >= 11 is 5.02. The number of carbonyl (C=O) groups excluding carboxylic acids is 1. The Bertz CT molecular complexity index is 804. The lowest BCUT2D eigenvalue weighted by molar-refractivity contribution is -0.604. The first-order valence-corrected chi connectivity index (χ1v) is 10.4. The molecule has 0 N–H and O–H groups in total. The van der Waals surface area contributed by atoms with Crippen LogP contribution in [0.15, 0.2) is 24.5 Å². The van der Waals surface area contributed by atoms with Crippen molar-refractivity contribution in [3.63, 3.8) is 0 Å². The molecule has 0 aromatic carbocycles. The van der Waals surface area contributed by atoms with E-state index in [1.54, 1.807) is 13.0 Å². The third-order valence-electron chi connectivity index (χ3n) is 3.32. The van der Waals surface area contributed by atoms with E-state index < -0.39 is 34.8 Å². The highest BCUT2D eigenvalue weighted by Gasteiger charge is 2.35. The van der Waals surface area contributed by atoms with Crippen molar-refractivity contribution >= 4 is 45.0 Å². The van der Waals surface area contributed by atoms with E-state index in [1.165, 1.54) is 23.4 Å². The molecule has 0 aliphatic carbocycles. The molecule has 1 unspecified atom stereocenters. The van der Waals surface area contributed by atoms with Gasteiger partial charge in [-0.25, -0.2) is 4.98 Å². The van der Waals surface area contributed by atoms with Crippen LogP contribution in [0.2, 0.25) is 5.15 Å². The van der Waals surface area contributed by atoms with Gasteiger partial charge in [0.2, 0.25) is 11.7 Å². The summed E-state index contributed by atoms with van der Waals surface area (Å²) < 4.78 is 48.7. The zero-order valence-electron chi connectivity index (χ0n) is 14.0. The van der Waals surface area contributed by atoms with E-state index in [0.717, 1.165) is 11.3 Å². The molecule has 0 aliphatic rings. The number of rotatable bonds is 7. The van der Waals surface area contributed by atoms with E-state index in [-0.39, 0.29) is 18.1 Å². The molecule has 0 aliphatic heterocycles. The standard InChI is InChI=1S/C15H15ClF3N3O3S2/c1-2-22(11(23)5-7-27(25)9-15(17,18)19)14-12(16)20-13(26-14)10-4-3-6-21(24)8-10/h3-4,6,8H,2,5,7,9H2,1H3. The Morgan fingerprint density at radius 3 is 2.78 bits per heavy atom. The number of amides is 1. The van der Waals surface area contributed by atoms with Gasteiger partial charge in [-0.05, 0) is 24.2 Å². The summed E-state index contributed by atoms with van der Waals surface area (Å²) in [6.45, 7) is 1.89. The fourth-order valence-corrected chi connectivity index (χ4v) is 4.48. The maximum atomic E-state index is 12.4. The summed E-state index contributed by atoms with van der Waals surface area (Å²) in [5.74, 6) is -2.34. The maximum Gasteiger partial charge on any atom is 0.433 e. The number of aromatic nitrogens is 2. The number of hydrogen-bond acceptors (Lipinski definition) is 5. The summed E-state index contributed by atoms with van der Waals surface area (Å²) in [4.78, 5) is 17.8. The van der Waals surface area contributed by atoms with Gasteiger partial charge < -0.3 is 14.7 Å². The Morgan fingerprint density at radius 2 is 2.19 bits per heavy atom. The average Bonchev–Trinajstić information content (AvgIpc) is 2.94. The van der Waals surface area contributed by atoms with Crippen LogP contribution < -0.4 is 9.63 Å². The van der Waals surface area contributed by atoms with E-state index in [1.807, 2.05) is 0 Å². The quantitative estimate of drug-likeness (QED) is 0.375. The van der Waals surface area contributed by atoms with Crippen molar-refractivity contribution in [3.05, 3.63) is 34.9 Å². The lowest BCUT2D eigenvalue weighted by atomic mass is 10.3. The molecule has 2 aromatic rings. The van der Waals surface area contributed by atoms with Gasteiger partial charge in [0.25, 0.3) is 0 Å².